The summed E-state index contributed by atoms with van der Waals surface area (Å²) in [4.78, 5) is 23.9. The van der Waals surface area contributed by atoms with Crippen LogP contribution in [0.4, 0.5) is 10.1 Å². The molecule has 0 radical (unpaired) electrons. The van der Waals surface area contributed by atoms with E-state index in [0.29, 0.717) is 24.2 Å². The van der Waals surface area contributed by atoms with Crippen molar-refractivity contribution in [2.75, 3.05) is 18.9 Å². The molecular formula is C19H22FN3O2. The van der Waals surface area contributed by atoms with E-state index in [2.05, 4.69) is 16.0 Å². The van der Waals surface area contributed by atoms with E-state index in [1.165, 1.54) is 12.1 Å². The average molecular weight is 343 g/mol. The van der Waals surface area contributed by atoms with Gasteiger partial charge in [0.15, 0.2) is 0 Å². The van der Waals surface area contributed by atoms with Gasteiger partial charge in [-0.2, -0.15) is 0 Å². The second-order valence-corrected chi connectivity index (χ2v) is 5.64. The Kier molecular flexibility index (Phi) is 7.10. The van der Waals surface area contributed by atoms with Crippen molar-refractivity contribution >= 4 is 17.5 Å². The van der Waals surface area contributed by atoms with Crippen LogP contribution in [-0.4, -0.2) is 25.4 Å². The van der Waals surface area contributed by atoms with Crippen molar-refractivity contribution in [2.24, 2.45) is 0 Å². The van der Waals surface area contributed by atoms with Crippen LogP contribution >= 0.6 is 0 Å². The van der Waals surface area contributed by atoms with Gasteiger partial charge in [-0.1, -0.05) is 12.1 Å². The summed E-state index contributed by atoms with van der Waals surface area (Å²) in [5, 5.41) is 8.56. The Morgan fingerprint density at radius 1 is 1.00 bits per heavy atom. The molecule has 0 aliphatic heterocycles. The van der Waals surface area contributed by atoms with Crippen molar-refractivity contribution in [3.8, 4) is 0 Å². The fourth-order valence-electron chi connectivity index (χ4n) is 2.24. The minimum absolute atomic E-state index is 0.0521. The van der Waals surface area contributed by atoms with E-state index in [1.807, 2.05) is 7.05 Å². The first-order chi connectivity index (χ1) is 12.1. The maximum atomic E-state index is 12.8. The van der Waals surface area contributed by atoms with Gasteiger partial charge in [0.1, 0.15) is 5.82 Å². The Morgan fingerprint density at radius 2 is 1.68 bits per heavy atom. The lowest BCUT2D eigenvalue weighted by Gasteiger charge is -2.08. The molecule has 5 nitrogen and oxygen atoms in total. The number of anilines is 1. The average Bonchev–Trinajstić information content (AvgIpc) is 2.62. The van der Waals surface area contributed by atoms with Gasteiger partial charge in [-0.05, 0) is 62.0 Å². The van der Waals surface area contributed by atoms with Gasteiger partial charge < -0.3 is 16.0 Å². The first-order valence-electron chi connectivity index (χ1n) is 8.15. The number of nitrogens with one attached hydrogen (secondary N) is 3. The number of hydrogen-bond acceptors (Lipinski definition) is 3. The third-order valence-electron chi connectivity index (χ3n) is 3.63. The molecular weight excluding hydrogens is 321 g/mol. The molecule has 2 amide bonds. The topological polar surface area (TPSA) is 70.2 Å². The van der Waals surface area contributed by atoms with Crippen LogP contribution in [0.15, 0.2) is 48.5 Å². The Balaban J connectivity index is 1.83. The van der Waals surface area contributed by atoms with Gasteiger partial charge in [0, 0.05) is 24.2 Å². The first kappa shape index (κ1) is 18.6. The van der Waals surface area contributed by atoms with Crippen LogP contribution in [0.25, 0.3) is 0 Å². The molecule has 0 fully saturated rings. The number of carbonyl (C=O) groups is 2. The Labute approximate surface area is 146 Å². The smallest absolute Gasteiger partial charge is 0.251 e. The fraction of sp³-hybridized carbons (Fsp3) is 0.263. The summed E-state index contributed by atoms with van der Waals surface area (Å²) < 4.78 is 12.8. The zero-order valence-electron chi connectivity index (χ0n) is 14.1. The molecule has 0 atom stereocenters. The number of hydrogen-bond donors (Lipinski definition) is 3. The number of halogens is 1. The van der Waals surface area contributed by atoms with Crippen molar-refractivity contribution in [2.45, 2.75) is 19.4 Å². The number of rotatable bonds is 8. The molecule has 0 saturated heterocycles. The maximum absolute atomic E-state index is 12.8. The maximum Gasteiger partial charge on any atom is 0.251 e. The molecule has 0 aliphatic rings. The predicted octanol–water partition coefficient (Wildman–Crippen LogP) is 2.69. The van der Waals surface area contributed by atoms with Gasteiger partial charge in [0.2, 0.25) is 5.91 Å². The van der Waals surface area contributed by atoms with Crippen LogP contribution in [0.1, 0.15) is 28.8 Å². The zero-order valence-corrected chi connectivity index (χ0v) is 14.1. The highest BCUT2D eigenvalue weighted by molar-refractivity contribution is 5.95. The number of carbonyl (C=O) groups excluding carboxylic acids is 2. The number of amides is 2. The van der Waals surface area contributed by atoms with Gasteiger partial charge in [-0.15, -0.1) is 0 Å². The summed E-state index contributed by atoms with van der Waals surface area (Å²) in [6.45, 7) is 1.11. The quantitative estimate of drug-likeness (QED) is 0.646. The van der Waals surface area contributed by atoms with Crippen LogP contribution in [-0.2, 0) is 11.3 Å². The minimum Gasteiger partial charge on any atom is -0.348 e. The van der Waals surface area contributed by atoms with Crippen molar-refractivity contribution in [1.29, 1.82) is 0 Å². The van der Waals surface area contributed by atoms with Crippen LogP contribution < -0.4 is 16.0 Å². The second kappa shape index (κ2) is 9.54. The van der Waals surface area contributed by atoms with Crippen LogP contribution in [0.3, 0.4) is 0 Å². The third-order valence-corrected chi connectivity index (χ3v) is 3.63. The second-order valence-electron chi connectivity index (χ2n) is 5.64. The summed E-state index contributed by atoms with van der Waals surface area (Å²) in [6.07, 6.45) is 1.22. The van der Waals surface area contributed by atoms with Gasteiger partial charge in [-0.3, -0.25) is 9.59 Å². The molecule has 3 N–H and O–H groups in total. The molecule has 2 rings (SSSR count). The van der Waals surface area contributed by atoms with Crippen molar-refractivity contribution in [3.63, 3.8) is 0 Å². The van der Waals surface area contributed by atoms with Crippen molar-refractivity contribution in [3.05, 3.63) is 65.5 Å². The summed E-state index contributed by atoms with van der Waals surface area (Å²) in [7, 11) is 1.84. The monoisotopic (exact) mass is 343 g/mol. The highest BCUT2D eigenvalue weighted by atomic mass is 19.1. The SMILES string of the molecule is CNCCCC(=O)Nc1ccc(C(=O)NCc2ccc(F)cc2)cc1. The standard InChI is InChI=1S/C19H22FN3O2/c1-21-12-2-3-18(24)23-17-10-6-15(7-11-17)19(25)22-13-14-4-8-16(20)9-5-14/h4-11,21H,2-3,12-13H2,1H3,(H,22,25)(H,23,24). The predicted molar refractivity (Wildman–Crippen MR) is 95.8 cm³/mol. The molecule has 0 unspecified atom stereocenters. The van der Waals surface area contributed by atoms with Crippen molar-refractivity contribution < 1.29 is 14.0 Å². The lowest BCUT2D eigenvalue weighted by atomic mass is 10.1. The molecule has 0 spiro atoms. The van der Waals surface area contributed by atoms with Crippen molar-refractivity contribution in [1.82, 2.24) is 10.6 Å². The van der Waals surface area contributed by atoms with Gasteiger partial charge in [-0.25, -0.2) is 4.39 Å². The molecule has 0 heterocycles. The molecule has 0 aliphatic carbocycles. The van der Waals surface area contributed by atoms with E-state index in [0.717, 1.165) is 18.5 Å². The Bertz CT molecular complexity index is 700. The minimum atomic E-state index is -0.307. The summed E-state index contributed by atoms with van der Waals surface area (Å²) in [6, 6.07) is 12.7. The van der Waals surface area contributed by atoms with E-state index in [9.17, 15) is 14.0 Å². The van der Waals surface area contributed by atoms with E-state index in [1.54, 1.807) is 36.4 Å². The Hall–Kier alpha value is -2.73. The Morgan fingerprint density at radius 3 is 2.32 bits per heavy atom. The van der Waals surface area contributed by atoms with Crippen LogP contribution in [0.2, 0.25) is 0 Å². The van der Waals surface area contributed by atoms with E-state index < -0.39 is 0 Å². The molecule has 0 saturated carbocycles. The molecule has 25 heavy (non-hydrogen) atoms. The largest absolute Gasteiger partial charge is 0.348 e. The fourth-order valence-corrected chi connectivity index (χ4v) is 2.24. The molecule has 2 aromatic rings. The third kappa shape index (κ3) is 6.35. The van der Waals surface area contributed by atoms with E-state index >= 15 is 0 Å². The molecule has 0 bridgehead atoms. The first-order valence-corrected chi connectivity index (χ1v) is 8.15. The van der Waals surface area contributed by atoms with Gasteiger partial charge >= 0.3 is 0 Å². The highest BCUT2D eigenvalue weighted by Crippen LogP contribution is 2.11. The van der Waals surface area contributed by atoms with E-state index in [-0.39, 0.29) is 17.6 Å². The summed E-state index contributed by atoms with van der Waals surface area (Å²) in [5.74, 6) is -0.585. The van der Waals surface area contributed by atoms with Crippen LogP contribution in [0, 0.1) is 5.82 Å². The lowest BCUT2D eigenvalue weighted by molar-refractivity contribution is -0.116. The molecule has 6 heteroatoms. The zero-order chi connectivity index (χ0) is 18.1. The van der Waals surface area contributed by atoms with Gasteiger partial charge in [0.05, 0.1) is 0 Å². The normalized spacial score (nSPS) is 10.3. The number of benzene rings is 2. The summed E-state index contributed by atoms with van der Waals surface area (Å²) >= 11 is 0. The summed E-state index contributed by atoms with van der Waals surface area (Å²) in [5.41, 5.74) is 1.97. The molecule has 0 aromatic heterocycles. The molecule has 132 valence electrons. The highest BCUT2D eigenvalue weighted by Gasteiger charge is 2.07. The lowest BCUT2D eigenvalue weighted by Crippen LogP contribution is -2.22. The van der Waals surface area contributed by atoms with Crippen LogP contribution in [0.5, 0.6) is 0 Å². The molecule has 2 aromatic carbocycles. The van der Waals surface area contributed by atoms with E-state index in [4.69, 9.17) is 0 Å². The van der Waals surface area contributed by atoms with Gasteiger partial charge in [0.25, 0.3) is 5.91 Å².